The first-order valence-corrected chi connectivity index (χ1v) is 3.04. The molecule has 8 heteroatoms. The van der Waals surface area contributed by atoms with E-state index in [1.54, 1.807) is 0 Å². The Morgan fingerprint density at radius 3 is 0.750 bits per heavy atom. The molecule has 0 aromatic carbocycles. The Morgan fingerprint density at radius 2 is 0.750 bits per heavy atom. The van der Waals surface area contributed by atoms with Crippen molar-refractivity contribution in [2.24, 2.45) is 0 Å². The smallest absolute Gasteiger partial charge is 0 e. The van der Waals surface area contributed by atoms with Gasteiger partial charge in [0.25, 0.3) is 0 Å². The summed E-state index contributed by atoms with van der Waals surface area (Å²) in [6.07, 6.45) is 0. The third-order valence-corrected chi connectivity index (χ3v) is 0. The van der Waals surface area contributed by atoms with Crippen molar-refractivity contribution in [1.82, 2.24) is 0 Å². The van der Waals surface area contributed by atoms with E-state index in [1.807, 2.05) is 0 Å². The van der Waals surface area contributed by atoms with Gasteiger partial charge in [0.2, 0.25) is 0 Å². The summed E-state index contributed by atoms with van der Waals surface area (Å²) in [5.41, 5.74) is 0. The summed E-state index contributed by atoms with van der Waals surface area (Å²) in [4.78, 5) is 0. The fourth-order valence-electron chi connectivity index (χ4n) is 0. The maximum Gasteiger partial charge on any atom is 1.00 e. The fraction of sp³-hybridized carbons (Fsp3) is 0. The number of hydrogen-bond acceptors (Lipinski definition) is 0. The van der Waals surface area contributed by atoms with Crippen LogP contribution in [0.3, 0.4) is 0 Å². The van der Waals surface area contributed by atoms with Crippen LogP contribution in [-0.2, 0) is 0 Å². The molecule has 0 aromatic heterocycles. The average Bonchev–Trinajstić information content (AvgIpc) is 0.592. The molecule has 0 saturated heterocycles. The summed E-state index contributed by atoms with van der Waals surface area (Å²) in [5, 5.41) is 0. The molecule has 0 atom stereocenters. The number of rotatable bonds is 0. The molecule has 0 N–H and O–H groups in total. The van der Waals surface area contributed by atoms with Crippen molar-refractivity contribution in [2.75, 3.05) is 0 Å². The number of hydrogen-bond donors (Lipinski definition) is 0. The van der Waals surface area contributed by atoms with Crippen LogP contribution in [0.4, 0.5) is 25.2 Å². The molecule has 0 aliphatic carbocycles. The zero-order valence-corrected chi connectivity index (χ0v) is 7.81. The molecule has 0 aromatic rings. The van der Waals surface area contributed by atoms with Crippen LogP contribution in [0.1, 0.15) is 1.43 Å². The van der Waals surface area contributed by atoms with Gasteiger partial charge in [-0.3, -0.25) is 0 Å². The Morgan fingerprint density at radius 1 is 0.750 bits per heavy atom. The molecule has 0 aliphatic heterocycles. The van der Waals surface area contributed by atoms with E-state index in [0.29, 0.717) is 0 Å². The minimum atomic E-state index is -10.7. The van der Waals surface area contributed by atoms with E-state index >= 15 is 0 Å². The van der Waals surface area contributed by atoms with Gasteiger partial charge in [-0.15, -0.1) is 0 Å². The minimum absolute atomic E-state index is 0. The quantitative estimate of drug-likeness (QED) is 0.472. The average molecular weight is 285 g/mol. The van der Waals surface area contributed by atoms with Gasteiger partial charge >= 0.3 is 34.4 Å². The summed E-state index contributed by atoms with van der Waals surface area (Å²) < 4.78 is 59.2. The Kier molecular flexibility index (Phi) is 2.42. The Hall–Kier alpha value is 1.20. The predicted molar refractivity (Wildman–Crippen MR) is 14.7 cm³/mol. The second kappa shape index (κ2) is 1.62. The summed E-state index contributed by atoms with van der Waals surface area (Å²) in [7, 11) is -10.7. The van der Waals surface area contributed by atoms with Gasteiger partial charge in [0.15, 0.2) is 0 Å². The van der Waals surface area contributed by atoms with Crippen molar-refractivity contribution in [3.05, 3.63) is 0 Å². The van der Waals surface area contributed by atoms with Crippen LogP contribution in [0.15, 0.2) is 0 Å². The molecule has 0 unspecified atom stereocenters. The third-order valence-electron chi connectivity index (χ3n) is 0. The molecular weight excluding hydrogens is 284 g/mol. The van der Waals surface area contributed by atoms with Crippen molar-refractivity contribution in [3.63, 3.8) is 0 Å². The standard InChI is InChI=1S/F6P.La/c1-7(2,3,4,5)6;/q-1;/p+1. The van der Waals surface area contributed by atoms with Crippen LogP contribution in [0.5, 0.6) is 0 Å². The van der Waals surface area contributed by atoms with Crippen molar-refractivity contribution in [3.8, 4) is 0 Å². The van der Waals surface area contributed by atoms with Crippen molar-refractivity contribution in [1.29, 1.82) is 0 Å². The van der Waals surface area contributed by atoms with Crippen LogP contribution < -0.4 is 0 Å². The molecule has 0 rings (SSSR count). The van der Waals surface area contributed by atoms with E-state index in [4.69, 9.17) is 0 Å². The maximum absolute atomic E-state index is 10.7. The van der Waals surface area contributed by atoms with Crippen LogP contribution in [-0.4, -0.2) is 0 Å². The second-order valence-corrected chi connectivity index (χ2v) is 2.87. The zero-order valence-electron chi connectivity index (χ0n) is 4.29. The first-order valence-electron chi connectivity index (χ1n) is 1.01. The summed E-state index contributed by atoms with van der Waals surface area (Å²) >= 11 is 0. The van der Waals surface area contributed by atoms with E-state index < -0.39 is 7.81 Å². The molecule has 0 aliphatic rings. The van der Waals surface area contributed by atoms with Gasteiger partial charge in [0.1, 0.15) is 0 Å². The molecule has 0 nitrogen and oxygen atoms in total. The Bertz CT molecular complexity index is 71.6. The van der Waals surface area contributed by atoms with Crippen LogP contribution in [0, 0.1) is 35.6 Å². The van der Waals surface area contributed by atoms with Crippen LogP contribution in [0.2, 0.25) is 0 Å². The number of halogens is 6. The van der Waals surface area contributed by atoms with Gasteiger partial charge in [-0.1, -0.05) is 0 Å². The molecule has 0 heterocycles. The van der Waals surface area contributed by atoms with Crippen molar-refractivity contribution >= 4 is 7.81 Å². The van der Waals surface area contributed by atoms with Crippen molar-refractivity contribution in [2.45, 2.75) is 0 Å². The summed E-state index contributed by atoms with van der Waals surface area (Å²) in [6.45, 7) is 0. The topological polar surface area (TPSA) is 0 Å². The van der Waals surface area contributed by atoms with Gasteiger partial charge in [-0.05, 0) is 0 Å². The van der Waals surface area contributed by atoms with E-state index in [9.17, 15) is 25.2 Å². The molecule has 0 bridgehead atoms. The molecule has 0 saturated carbocycles. The SMILES string of the molecule is F[P-](F)(F)(F)(F)F.[H+].[La]. The zero-order chi connectivity index (χ0) is 6.41. The normalized spacial score (nSPS) is 20.2. The van der Waals surface area contributed by atoms with Gasteiger partial charge in [0, 0.05) is 35.6 Å². The fourth-order valence-corrected chi connectivity index (χ4v) is 0. The van der Waals surface area contributed by atoms with E-state index in [0.717, 1.165) is 0 Å². The first-order chi connectivity index (χ1) is 2.45. The van der Waals surface area contributed by atoms with Gasteiger partial charge in [-0.2, -0.15) is 0 Å². The van der Waals surface area contributed by atoms with E-state index in [-0.39, 0.29) is 37.0 Å². The molecule has 0 amide bonds. The van der Waals surface area contributed by atoms with Gasteiger partial charge in [0.05, 0.1) is 0 Å². The summed E-state index contributed by atoms with van der Waals surface area (Å²) in [5.74, 6) is 0. The monoisotopic (exact) mass is 285 g/mol. The maximum atomic E-state index is 9.87. The van der Waals surface area contributed by atoms with E-state index in [2.05, 4.69) is 0 Å². The Balaban J connectivity index is -0.000000180. The molecular formula is HF6LaP. The van der Waals surface area contributed by atoms with Gasteiger partial charge < -0.3 is 0 Å². The second-order valence-electron chi connectivity index (χ2n) is 0.958. The summed E-state index contributed by atoms with van der Waals surface area (Å²) in [6, 6.07) is 0. The third kappa shape index (κ3) is 191. The van der Waals surface area contributed by atoms with Crippen molar-refractivity contribution < 1.29 is 62.2 Å². The molecule has 51 valence electrons. The van der Waals surface area contributed by atoms with E-state index in [1.165, 1.54) is 0 Å². The first kappa shape index (κ1) is 11.9. The van der Waals surface area contributed by atoms with Gasteiger partial charge in [-0.25, -0.2) is 0 Å². The minimum Gasteiger partial charge on any atom is 0 e. The molecule has 0 spiro atoms. The largest absolute Gasteiger partial charge is 1.00 e. The Labute approximate surface area is 69.9 Å². The molecule has 0 fully saturated rings. The van der Waals surface area contributed by atoms with Crippen LogP contribution in [0.25, 0.3) is 0 Å². The molecule has 1 radical (unpaired) electrons. The predicted octanol–water partition coefficient (Wildman–Crippen LogP) is 3.49. The molecule has 8 heavy (non-hydrogen) atoms. The van der Waals surface area contributed by atoms with Crippen LogP contribution >= 0.6 is 7.81 Å².